The van der Waals surface area contributed by atoms with Gasteiger partial charge in [-0.25, -0.2) is 0 Å². The Morgan fingerprint density at radius 1 is 1.31 bits per heavy atom. The summed E-state index contributed by atoms with van der Waals surface area (Å²) < 4.78 is 13.0. The van der Waals surface area contributed by atoms with Gasteiger partial charge in [-0.15, -0.1) is 6.58 Å². The van der Waals surface area contributed by atoms with Crippen molar-refractivity contribution in [3.8, 4) is 0 Å². The van der Waals surface area contributed by atoms with Gasteiger partial charge in [-0.3, -0.25) is 0 Å². The van der Waals surface area contributed by atoms with Crippen molar-refractivity contribution in [2.45, 2.75) is 0 Å². The standard InChI is InChI=1S/C6H5Cl2FN4/c1-2-3-13(9)6-11-4(7)10-5(8)12-6/h2H,1,3H2. The van der Waals surface area contributed by atoms with Crippen LogP contribution in [0, 0.1) is 0 Å². The largest absolute Gasteiger partial charge is 0.259 e. The van der Waals surface area contributed by atoms with Gasteiger partial charge in [-0.1, -0.05) is 10.6 Å². The van der Waals surface area contributed by atoms with Gasteiger partial charge in [0.25, 0.3) is 5.95 Å². The second-order valence-electron chi connectivity index (χ2n) is 2.01. The Labute approximate surface area is 84.0 Å². The molecule has 0 aliphatic rings. The summed E-state index contributed by atoms with van der Waals surface area (Å²) in [7, 11) is 0. The van der Waals surface area contributed by atoms with E-state index in [2.05, 4.69) is 21.5 Å². The van der Waals surface area contributed by atoms with Crippen LogP contribution in [0.15, 0.2) is 12.7 Å². The zero-order valence-corrected chi connectivity index (χ0v) is 7.93. The second-order valence-corrected chi connectivity index (χ2v) is 2.68. The minimum absolute atomic E-state index is 0.0450. The number of aromatic nitrogens is 3. The third-order valence-electron chi connectivity index (χ3n) is 1.08. The van der Waals surface area contributed by atoms with Crippen molar-refractivity contribution < 1.29 is 4.48 Å². The Hall–Kier alpha value is -0.940. The lowest BCUT2D eigenvalue weighted by molar-refractivity contribution is 0.442. The Kier molecular flexibility index (Phi) is 3.39. The van der Waals surface area contributed by atoms with Crippen LogP contribution >= 0.6 is 23.2 Å². The molecule has 0 spiro atoms. The van der Waals surface area contributed by atoms with Crippen LogP contribution in [0.25, 0.3) is 0 Å². The predicted octanol–water partition coefficient (Wildman–Crippen LogP) is 2.06. The molecule has 1 rings (SSSR count). The molecule has 0 aromatic carbocycles. The van der Waals surface area contributed by atoms with E-state index in [0.29, 0.717) is 0 Å². The van der Waals surface area contributed by atoms with Crippen molar-refractivity contribution in [2.24, 2.45) is 0 Å². The average molecular weight is 223 g/mol. The number of hydrogen-bond acceptors (Lipinski definition) is 4. The molecule has 0 radical (unpaired) electrons. The molecule has 0 N–H and O–H groups in total. The maximum absolute atomic E-state index is 13.0. The molecule has 0 bridgehead atoms. The Morgan fingerprint density at radius 3 is 2.31 bits per heavy atom. The zero-order valence-electron chi connectivity index (χ0n) is 6.41. The molecule has 13 heavy (non-hydrogen) atoms. The van der Waals surface area contributed by atoms with Crippen molar-refractivity contribution in [2.75, 3.05) is 11.7 Å². The molecule has 0 aliphatic carbocycles. The van der Waals surface area contributed by atoms with Crippen LogP contribution < -0.4 is 5.12 Å². The number of hydrogen-bond donors (Lipinski definition) is 0. The molecule has 0 saturated heterocycles. The molecule has 7 heteroatoms. The minimum Gasteiger partial charge on any atom is -0.187 e. The summed E-state index contributed by atoms with van der Waals surface area (Å²) in [6.07, 6.45) is 1.35. The fourth-order valence-electron chi connectivity index (χ4n) is 0.620. The van der Waals surface area contributed by atoms with Gasteiger partial charge in [0.1, 0.15) is 0 Å². The van der Waals surface area contributed by atoms with E-state index in [1.807, 2.05) is 0 Å². The van der Waals surface area contributed by atoms with E-state index in [1.165, 1.54) is 6.08 Å². The second kappa shape index (κ2) is 4.34. The fourth-order valence-corrected chi connectivity index (χ4v) is 0.974. The first kappa shape index (κ1) is 10.1. The lowest BCUT2D eigenvalue weighted by Gasteiger charge is -2.08. The molecule has 1 aromatic rings. The normalized spacial score (nSPS) is 9.77. The Balaban J connectivity index is 2.93. The summed E-state index contributed by atoms with van der Waals surface area (Å²) >= 11 is 10.9. The number of anilines is 1. The summed E-state index contributed by atoms with van der Waals surface area (Å²) in [5, 5.41) is -0.0460. The zero-order chi connectivity index (χ0) is 9.84. The molecule has 4 nitrogen and oxygen atoms in total. The summed E-state index contributed by atoms with van der Waals surface area (Å²) in [5.41, 5.74) is 0. The van der Waals surface area contributed by atoms with E-state index in [4.69, 9.17) is 23.2 Å². The molecule has 0 fully saturated rings. The lowest BCUT2D eigenvalue weighted by atomic mass is 10.6. The van der Waals surface area contributed by atoms with Crippen LogP contribution in [0.2, 0.25) is 10.6 Å². The highest BCUT2D eigenvalue weighted by Gasteiger charge is 2.09. The highest BCUT2D eigenvalue weighted by atomic mass is 35.5. The van der Waals surface area contributed by atoms with Gasteiger partial charge in [-0.2, -0.15) is 20.1 Å². The van der Waals surface area contributed by atoms with Crippen LogP contribution in [0.1, 0.15) is 0 Å². The molecule has 70 valence electrons. The van der Waals surface area contributed by atoms with Gasteiger partial charge in [0.15, 0.2) is 0 Å². The smallest absolute Gasteiger partial charge is 0.187 e. The predicted molar refractivity (Wildman–Crippen MR) is 48.5 cm³/mol. The van der Waals surface area contributed by atoms with Gasteiger partial charge in [0.2, 0.25) is 10.6 Å². The van der Waals surface area contributed by atoms with E-state index in [-0.39, 0.29) is 28.2 Å². The van der Waals surface area contributed by atoms with Gasteiger partial charge in [0, 0.05) is 0 Å². The molecule has 1 heterocycles. The van der Waals surface area contributed by atoms with E-state index in [9.17, 15) is 4.48 Å². The molecule has 1 aromatic heterocycles. The Morgan fingerprint density at radius 2 is 1.85 bits per heavy atom. The first-order chi connectivity index (χ1) is 6.13. The fraction of sp³-hybridized carbons (Fsp3) is 0.167. The quantitative estimate of drug-likeness (QED) is 0.580. The summed E-state index contributed by atoms with van der Waals surface area (Å²) in [6.45, 7) is 3.31. The van der Waals surface area contributed by atoms with Crippen LogP contribution in [0.3, 0.4) is 0 Å². The molecule has 0 unspecified atom stereocenters. The summed E-state index contributed by atoms with van der Waals surface area (Å²) in [6, 6.07) is 0. The first-order valence-corrected chi connectivity index (χ1v) is 4.00. The van der Waals surface area contributed by atoms with Gasteiger partial charge in [0.05, 0.1) is 6.54 Å². The van der Waals surface area contributed by atoms with Gasteiger partial charge >= 0.3 is 0 Å². The van der Waals surface area contributed by atoms with Crippen molar-refractivity contribution in [1.29, 1.82) is 0 Å². The maximum Gasteiger partial charge on any atom is 0.259 e. The first-order valence-electron chi connectivity index (χ1n) is 3.24. The molecule has 0 amide bonds. The van der Waals surface area contributed by atoms with E-state index in [1.54, 1.807) is 0 Å². The molecular formula is C6H5Cl2FN4. The summed E-state index contributed by atoms with van der Waals surface area (Å²) in [5.74, 6) is -0.232. The van der Waals surface area contributed by atoms with Crippen molar-refractivity contribution >= 4 is 29.2 Å². The Bertz CT molecular complexity index is 299. The number of rotatable bonds is 3. The summed E-state index contributed by atoms with van der Waals surface area (Å²) in [4.78, 5) is 10.5. The van der Waals surface area contributed by atoms with Crippen molar-refractivity contribution in [3.63, 3.8) is 0 Å². The van der Waals surface area contributed by atoms with E-state index in [0.717, 1.165) is 0 Å². The SMILES string of the molecule is C=CCN(F)c1nc(Cl)nc(Cl)n1. The highest BCUT2D eigenvalue weighted by Crippen LogP contribution is 2.13. The number of nitrogens with zero attached hydrogens (tertiary/aromatic N) is 4. The third kappa shape index (κ3) is 2.78. The minimum atomic E-state index is -0.232. The van der Waals surface area contributed by atoms with Gasteiger partial charge in [-0.05, 0) is 23.2 Å². The van der Waals surface area contributed by atoms with Crippen molar-refractivity contribution in [3.05, 3.63) is 23.2 Å². The maximum atomic E-state index is 13.0. The van der Waals surface area contributed by atoms with Crippen LogP contribution in [0.4, 0.5) is 10.4 Å². The lowest BCUT2D eigenvalue weighted by Crippen LogP contribution is -2.15. The molecule has 0 saturated carbocycles. The van der Waals surface area contributed by atoms with E-state index >= 15 is 0 Å². The van der Waals surface area contributed by atoms with Crippen LogP contribution in [-0.2, 0) is 0 Å². The monoisotopic (exact) mass is 222 g/mol. The molecular weight excluding hydrogens is 218 g/mol. The molecule has 0 atom stereocenters. The van der Waals surface area contributed by atoms with Crippen molar-refractivity contribution in [1.82, 2.24) is 15.0 Å². The van der Waals surface area contributed by atoms with Crippen LogP contribution in [-0.4, -0.2) is 21.5 Å². The average Bonchev–Trinajstić information content (AvgIpc) is 2.03. The number of halogens is 3. The highest BCUT2D eigenvalue weighted by molar-refractivity contribution is 6.31. The third-order valence-corrected chi connectivity index (χ3v) is 1.41. The van der Waals surface area contributed by atoms with Gasteiger partial charge < -0.3 is 0 Å². The molecule has 0 aliphatic heterocycles. The van der Waals surface area contributed by atoms with E-state index < -0.39 is 0 Å². The topological polar surface area (TPSA) is 41.9 Å². The van der Waals surface area contributed by atoms with Crippen LogP contribution in [0.5, 0.6) is 0 Å².